The minimum absolute atomic E-state index is 0.00937. The van der Waals surface area contributed by atoms with Gasteiger partial charge in [-0.1, -0.05) is 41.1 Å². The molecule has 1 aromatic heterocycles. The number of benzene rings is 2. The first-order valence-corrected chi connectivity index (χ1v) is 8.62. The largest absolute Gasteiger partial charge is 0.293 e. The summed E-state index contributed by atoms with van der Waals surface area (Å²) >= 11 is 7.19. The quantitative estimate of drug-likeness (QED) is 0.510. The van der Waals surface area contributed by atoms with Crippen LogP contribution in [0.15, 0.2) is 53.7 Å². The zero-order chi connectivity index (χ0) is 17.1. The fourth-order valence-corrected chi connectivity index (χ4v) is 3.17. The highest BCUT2D eigenvalue weighted by molar-refractivity contribution is 8.00. The van der Waals surface area contributed by atoms with E-state index in [9.17, 15) is 4.79 Å². The average molecular weight is 359 g/mol. The van der Waals surface area contributed by atoms with Crippen molar-refractivity contribution in [2.75, 3.05) is 0 Å². The number of ketones is 1. The summed E-state index contributed by atoms with van der Waals surface area (Å²) in [5.74, 6) is 0.00937. The Morgan fingerprint density at radius 3 is 2.46 bits per heavy atom. The summed E-state index contributed by atoms with van der Waals surface area (Å²) in [6.07, 6.45) is 0. The molecule has 0 aliphatic carbocycles. The lowest BCUT2D eigenvalue weighted by Gasteiger charge is -2.10. The lowest BCUT2D eigenvalue weighted by Crippen LogP contribution is -2.14. The third-order valence-corrected chi connectivity index (χ3v) is 4.78. The molecule has 3 aromatic rings. The molecule has 0 bridgehead atoms. The van der Waals surface area contributed by atoms with Crippen molar-refractivity contribution in [2.45, 2.75) is 24.3 Å². The molecule has 0 radical (unpaired) electrons. The predicted molar refractivity (Wildman–Crippen MR) is 95.0 cm³/mol. The molecule has 5 nitrogen and oxygen atoms in total. The molecule has 0 amide bonds. The van der Waals surface area contributed by atoms with Crippen LogP contribution in [-0.4, -0.2) is 31.2 Å². The number of rotatable bonds is 5. The molecular weight excluding hydrogens is 344 g/mol. The molecule has 3 rings (SSSR count). The predicted octanol–water partition coefficient (Wildman–Crippen LogP) is 3.99. The summed E-state index contributed by atoms with van der Waals surface area (Å²) in [6, 6.07) is 14.8. The normalized spacial score (nSPS) is 12.1. The number of thioether (sulfide) groups is 1. The van der Waals surface area contributed by atoms with Gasteiger partial charge in [0, 0.05) is 10.6 Å². The third-order valence-electron chi connectivity index (χ3n) is 3.50. The maximum Gasteiger partial charge on any atom is 0.214 e. The second-order valence-electron chi connectivity index (χ2n) is 5.34. The number of hydrogen-bond donors (Lipinski definition) is 0. The van der Waals surface area contributed by atoms with Gasteiger partial charge in [0.1, 0.15) is 0 Å². The molecule has 0 spiro atoms. The monoisotopic (exact) mass is 358 g/mol. The topological polar surface area (TPSA) is 60.7 Å². The van der Waals surface area contributed by atoms with Crippen LogP contribution in [-0.2, 0) is 0 Å². The molecule has 1 unspecified atom stereocenters. The number of aromatic nitrogens is 4. The van der Waals surface area contributed by atoms with Gasteiger partial charge in [-0.15, -0.1) is 5.10 Å². The van der Waals surface area contributed by atoms with Crippen LogP contribution in [0, 0.1) is 6.92 Å². The standard InChI is InChI=1S/C17H15ClN4OS/c1-11-3-9-15(10-4-11)22-17(19-20-21-22)24-12(2)16(23)13-5-7-14(18)8-6-13/h3-10,12H,1-2H3. The molecule has 24 heavy (non-hydrogen) atoms. The summed E-state index contributed by atoms with van der Waals surface area (Å²) in [5.41, 5.74) is 2.64. The number of halogens is 1. The van der Waals surface area contributed by atoms with Crippen molar-refractivity contribution in [3.05, 3.63) is 64.7 Å². The summed E-state index contributed by atoms with van der Waals surface area (Å²) in [4.78, 5) is 12.5. The molecule has 1 atom stereocenters. The molecule has 7 heteroatoms. The lowest BCUT2D eigenvalue weighted by atomic mass is 10.1. The maximum absolute atomic E-state index is 12.5. The molecule has 122 valence electrons. The summed E-state index contributed by atoms with van der Waals surface area (Å²) in [6.45, 7) is 3.86. The van der Waals surface area contributed by atoms with Gasteiger partial charge in [-0.2, -0.15) is 4.68 Å². The van der Waals surface area contributed by atoms with E-state index in [0.29, 0.717) is 15.7 Å². The zero-order valence-corrected chi connectivity index (χ0v) is 14.8. The number of tetrazole rings is 1. The average Bonchev–Trinajstić information content (AvgIpc) is 3.03. The molecule has 1 heterocycles. The first-order valence-electron chi connectivity index (χ1n) is 7.36. The van der Waals surface area contributed by atoms with E-state index in [1.54, 1.807) is 28.9 Å². The highest BCUT2D eigenvalue weighted by Crippen LogP contribution is 2.25. The van der Waals surface area contributed by atoms with E-state index in [2.05, 4.69) is 15.5 Å². The molecule has 0 saturated heterocycles. The van der Waals surface area contributed by atoms with Crippen LogP contribution in [0.1, 0.15) is 22.8 Å². The molecule has 0 saturated carbocycles. The highest BCUT2D eigenvalue weighted by atomic mass is 35.5. The smallest absolute Gasteiger partial charge is 0.214 e. The van der Waals surface area contributed by atoms with E-state index < -0.39 is 0 Å². The van der Waals surface area contributed by atoms with Crippen molar-refractivity contribution in [2.24, 2.45) is 0 Å². The van der Waals surface area contributed by atoms with Gasteiger partial charge in [-0.25, -0.2) is 0 Å². The second-order valence-corrected chi connectivity index (χ2v) is 7.08. The van der Waals surface area contributed by atoms with Crippen LogP contribution >= 0.6 is 23.4 Å². The zero-order valence-electron chi connectivity index (χ0n) is 13.2. The Labute approximate surface area is 149 Å². The SMILES string of the molecule is Cc1ccc(-n2nnnc2SC(C)C(=O)c2ccc(Cl)cc2)cc1. The van der Waals surface area contributed by atoms with Gasteiger partial charge >= 0.3 is 0 Å². The molecule has 2 aromatic carbocycles. The van der Waals surface area contributed by atoms with Gasteiger partial charge in [0.2, 0.25) is 5.16 Å². The van der Waals surface area contributed by atoms with Crippen LogP contribution in [0.2, 0.25) is 5.02 Å². The molecule has 0 aliphatic rings. The Kier molecular flexibility index (Phi) is 4.97. The Bertz CT molecular complexity index is 846. The molecular formula is C17H15ClN4OS. The van der Waals surface area contributed by atoms with Crippen molar-refractivity contribution in [1.29, 1.82) is 0 Å². The van der Waals surface area contributed by atoms with E-state index in [4.69, 9.17) is 11.6 Å². The van der Waals surface area contributed by atoms with Gasteiger partial charge in [-0.05, 0) is 60.7 Å². The summed E-state index contributed by atoms with van der Waals surface area (Å²) in [7, 11) is 0. The van der Waals surface area contributed by atoms with Gasteiger partial charge in [0.15, 0.2) is 5.78 Å². The number of carbonyl (C=O) groups excluding carboxylic acids is 1. The number of hydrogen-bond acceptors (Lipinski definition) is 5. The van der Waals surface area contributed by atoms with Crippen LogP contribution < -0.4 is 0 Å². The van der Waals surface area contributed by atoms with Crippen molar-refractivity contribution < 1.29 is 4.79 Å². The lowest BCUT2D eigenvalue weighted by molar-refractivity contribution is 0.0994. The van der Waals surface area contributed by atoms with E-state index >= 15 is 0 Å². The van der Waals surface area contributed by atoms with E-state index in [1.165, 1.54) is 11.8 Å². The third kappa shape index (κ3) is 3.66. The van der Waals surface area contributed by atoms with E-state index in [1.807, 2.05) is 38.1 Å². The van der Waals surface area contributed by atoms with Gasteiger partial charge in [-0.3, -0.25) is 4.79 Å². The Morgan fingerprint density at radius 1 is 1.12 bits per heavy atom. The number of aryl methyl sites for hydroxylation is 1. The fourth-order valence-electron chi connectivity index (χ4n) is 2.16. The number of nitrogens with zero attached hydrogens (tertiary/aromatic N) is 4. The maximum atomic E-state index is 12.5. The Hall–Kier alpha value is -2.18. The minimum atomic E-state index is -0.318. The minimum Gasteiger partial charge on any atom is -0.293 e. The van der Waals surface area contributed by atoms with E-state index in [0.717, 1.165) is 11.3 Å². The van der Waals surface area contributed by atoms with Gasteiger partial charge in [0.25, 0.3) is 0 Å². The first-order chi connectivity index (χ1) is 11.5. The molecule has 0 N–H and O–H groups in total. The van der Waals surface area contributed by atoms with Gasteiger partial charge < -0.3 is 0 Å². The fraction of sp³-hybridized carbons (Fsp3) is 0.176. The number of Topliss-reactive ketones (excluding diaryl/α,β-unsaturated/α-hetero) is 1. The summed E-state index contributed by atoms with van der Waals surface area (Å²) < 4.78 is 1.63. The number of carbonyl (C=O) groups is 1. The highest BCUT2D eigenvalue weighted by Gasteiger charge is 2.20. The Morgan fingerprint density at radius 2 is 1.79 bits per heavy atom. The second kappa shape index (κ2) is 7.15. The Balaban J connectivity index is 1.79. The van der Waals surface area contributed by atoms with Gasteiger partial charge in [0.05, 0.1) is 10.9 Å². The van der Waals surface area contributed by atoms with Crippen molar-refractivity contribution in [1.82, 2.24) is 20.2 Å². The summed E-state index contributed by atoms with van der Waals surface area (Å²) in [5, 5.41) is 12.7. The molecule has 0 aliphatic heterocycles. The molecule has 0 fully saturated rings. The van der Waals surface area contributed by atoms with Crippen molar-refractivity contribution >= 4 is 29.1 Å². The van der Waals surface area contributed by atoms with Crippen LogP contribution in [0.4, 0.5) is 0 Å². The first kappa shape index (κ1) is 16.7. The van der Waals surface area contributed by atoms with Crippen LogP contribution in [0.3, 0.4) is 0 Å². The van der Waals surface area contributed by atoms with Crippen molar-refractivity contribution in [3.63, 3.8) is 0 Å². The van der Waals surface area contributed by atoms with Crippen molar-refractivity contribution in [3.8, 4) is 5.69 Å². The van der Waals surface area contributed by atoms with E-state index in [-0.39, 0.29) is 11.0 Å². The van der Waals surface area contributed by atoms with Crippen LogP contribution in [0.25, 0.3) is 5.69 Å². The van der Waals surface area contributed by atoms with Crippen LogP contribution in [0.5, 0.6) is 0 Å².